The first-order chi connectivity index (χ1) is 12.3. The van der Waals surface area contributed by atoms with E-state index in [1.165, 1.54) is 0 Å². The summed E-state index contributed by atoms with van der Waals surface area (Å²) in [5, 5.41) is 4.78. The summed E-state index contributed by atoms with van der Waals surface area (Å²) in [6, 6.07) is 23.4. The molecule has 25 heavy (non-hydrogen) atoms. The fraction of sp³-hybridized carbons (Fsp3) is 0.0476. The molecular weight excluding hydrogens is 330 g/mol. The van der Waals surface area contributed by atoms with E-state index in [-0.39, 0.29) is 12.6 Å². The number of thiazole rings is 1. The molecule has 0 saturated heterocycles. The third kappa shape index (κ3) is 3.30. The first kappa shape index (κ1) is 15.5. The quantitative estimate of drug-likeness (QED) is 0.470. The van der Waals surface area contributed by atoms with Crippen molar-refractivity contribution in [1.29, 1.82) is 0 Å². The highest BCUT2D eigenvalue weighted by atomic mass is 32.1. The number of aromatic nitrogens is 1. The summed E-state index contributed by atoms with van der Waals surface area (Å²) in [6.07, 6.45) is 0. The van der Waals surface area contributed by atoms with Gasteiger partial charge in [-0.25, -0.2) is 9.78 Å². The molecule has 0 unspecified atom stereocenters. The van der Waals surface area contributed by atoms with Crippen LogP contribution in [0.3, 0.4) is 0 Å². The van der Waals surface area contributed by atoms with E-state index in [0.717, 1.165) is 27.0 Å². The zero-order valence-corrected chi connectivity index (χ0v) is 14.2. The lowest BCUT2D eigenvalue weighted by molar-refractivity contribution is 0.0471. The topological polar surface area (TPSA) is 39.2 Å². The maximum absolute atomic E-state index is 12.5. The van der Waals surface area contributed by atoms with Crippen molar-refractivity contribution in [2.24, 2.45) is 0 Å². The van der Waals surface area contributed by atoms with Crippen molar-refractivity contribution in [3.05, 3.63) is 89.4 Å². The van der Waals surface area contributed by atoms with Crippen molar-refractivity contribution in [2.75, 3.05) is 0 Å². The fourth-order valence-electron chi connectivity index (χ4n) is 2.71. The summed E-state index contributed by atoms with van der Waals surface area (Å²) in [4.78, 5) is 17.0. The van der Waals surface area contributed by atoms with Crippen LogP contribution < -0.4 is 0 Å². The van der Waals surface area contributed by atoms with Crippen LogP contribution in [-0.2, 0) is 11.3 Å². The van der Waals surface area contributed by atoms with Crippen LogP contribution in [0.5, 0.6) is 0 Å². The minimum absolute atomic E-state index is 0.172. The molecule has 4 rings (SSSR count). The lowest BCUT2D eigenvalue weighted by Gasteiger charge is -2.06. The van der Waals surface area contributed by atoms with Crippen LogP contribution in [-0.4, -0.2) is 11.0 Å². The SMILES string of the molecule is O=C(OCc1csc(-c2ccccc2)n1)c1cccc2ccccc12. The first-order valence-electron chi connectivity index (χ1n) is 7.96. The number of esters is 1. The van der Waals surface area contributed by atoms with Crippen LogP contribution in [0, 0.1) is 0 Å². The molecule has 0 aliphatic carbocycles. The highest BCUT2D eigenvalue weighted by molar-refractivity contribution is 7.13. The molecule has 0 saturated carbocycles. The first-order valence-corrected chi connectivity index (χ1v) is 8.84. The number of hydrogen-bond donors (Lipinski definition) is 0. The van der Waals surface area contributed by atoms with Gasteiger partial charge in [0.2, 0.25) is 0 Å². The molecule has 122 valence electrons. The summed E-state index contributed by atoms with van der Waals surface area (Å²) in [6.45, 7) is 0.172. The number of ether oxygens (including phenoxy) is 1. The smallest absolute Gasteiger partial charge is 0.339 e. The molecule has 0 amide bonds. The number of carbonyl (C=O) groups is 1. The largest absolute Gasteiger partial charge is 0.456 e. The van der Waals surface area contributed by atoms with Gasteiger partial charge in [-0.05, 0) is 16.8 Å². The maximum Gasteiger partial charge on any atom is 0.339 e. The predicted molar refractivity (Wildman–Crippen MR) is 101 cm³/mol. The lowest BCUT2D eigenvalue weighted by atomic mass is 10.1. The van der Waals surface area contributed by atoms with Crippen LogP contribution in [0.1, 0.15) is 16.1 Å². The van der Waals surface area contributed by atoms with Crippen molar-refractivity contribution in [2.45, 2.75) is 6.61 Å². The van der Waals surface area contributed by atoms with Crippen LogP contribution in [0.2, 0.25) is 0 Å². The summed E-state index contributed by atoms with van der Waals surface area (Å²) in [5.41, 5.74) is 2.41. The average Bonchev–Trinajstić information content (AvgIpc) is 3.15. The minimum Gasteiger partial charge on any atom is -0.456 e. The molecule has 4 aromatic rings. The third-order valence-electron chi connectivity index (χ3n) is 3.93. The Bertz CT molecular complexity index is 1020. The summed E-state index contributed by atoms with van der Waals surface area (Å²) >= 11 is 1.55. The van der Waals surface area contributed by atoms with E-state index < -0.39 is 0 Å². The highest BCUT2D eigenvalue weighted by Gasteiger charge is 2.12. The average molecular weight is 345 g/mol. The molecule has 0 atom stereocenters. The normalized spacial score (nSPS) is 10.7. The van der Waals surface area contributed by atoms with Gasteiger partial charge in [-0.15, -0.1) is 11.3 Å². The second kappa shape index (κ2) is 6.87. The molecule has 4 heteroatoms. The Balaban J connectivity index is 1.50. The Morgan fingerprint density at radius 3 is 2.56 bits per heavy atom. The van der Waals surface area contributed by atoms with E-state index in [1.807, 2.05) is 72.1 Å². The Kier molecular flexibility index (Phi) is 4.27. The molecule has 0 aliphatic heterocycles. The monoisotopic (exact) mass is 345 g/mol. The van der Waals surface area contributed by atoms with Crippen molar-refractivity contribution in [3.8, 4) is 10.6 Å². The van der Waals surface area contributed by atoms with Gasteiger partial charge in [0.15, 0.2) is 0 Å². The van der Waals surface area contributed by atoms with Crippen molar-refractivity contribution in [1.82, 2.24) is 4.98 Å². The fourth-order valence-corrected chi connectivity index (χ4v) is 3.52. The third-order valence-corrected chi connectivity index (χ3v) is 4.87. The second-order valence-electron chi connectivity index (χ2n) is 5.61. The van der Waals surface area contributed by atoms with Gasteiger partial charge in [-0.2, -0.15) is 0 Å². The Morgan fingerprint density at radius 2 is 1.68 bits per heavy atom. The van der Waals surface area contributed by atoms with Gasteiger partial charge in [0.25, 0.3) is 0 Å². The van der Waals surface area contributed by atoms with E-state index >= 15 is 0 Å². The lowest BCUT2D eigenvalue weighted by Crippen LogP contribution is -2.06. The Hall–Kier alpha value is -2.98. The summed E-state index contributed by atoms with van der Waals surface area (Å²) < 4.78 is 5.48. The Morgan fingerprint density at radius 1 is 0.920 bits per heavy atom. The van der Waals surface area contributed by atoms with E-state index in [2.05, 4.69) is 4.98 Å². The van der Waals surface area contributed by atoms with Crippen molar-refractivity contribution >= 4 is 28.1 Å². The van der Waals surface area contributed by atoms with Gasteiger partial charge < -0.3 is 4.74 Å². The molecule has 0 aliphatic rings. The van der Waals surface area contributed by atoms with Crippen LogP contribution >= 0.6 is 11.3 Å². The number of fused-ring (bicyclic) bond motifs is 1. The molecule has 3 aromatic carbocycles. The molecule has 0 radical (unpaired) electrons. The van der Waals surface area contributed by atoms with Crippen LogP contribution in [0.15, 0.2) is 78.2 Å². The van der Waals surface area contributed by atoms with Gasteiger partial charge in [0.1, 0.15) is 11.6 Å². The minimum atomic E-state index is -0.328. The molecule has 0 N–H and O–H groups in total. The second-order valence-corrected chi connectivity index (χ2v) is 6.47. The molecule has 0 spiro atoms. The molecule has 1 heterocycles. The van der Waals surface area contributed by atoms with Gasteiger partial charge in [0, 0.05) is 10.9 Å². The van der Waals surface area contributed by atoms with E-state index in [0.29, 0.717) is 5.56 Å². The summed E-state index contributed by atoms with van der Waals surface area (Å²) in [7, 11) is 0. The van der Waals surface area contributed by atoms with Gasteiger partial charge in [-0.1, -0.05) is 66.7 Å². The summed E-state index contributed by atoms with van der Waals surface area (Å²) in [5.74, 6) is -0.328. The van der Waals surface area contributed by atoms with Gasteiger partial charge in [0.05, 0.1) is 11.3 Å². The van der Waals surface area contributed by atoms with E-state index in [4.69, 9.17) is 4.74 Å². The molecule has 1 aromatic heterocycles. The standard InChI is InChI=1S/C21H15NO2S/c23-21(19-12-6-10-15-7-4-5-11-18(15)19)24-13-17-14-25-20(22-17)16-8-2-1-3-9-16/h1-12,14H,13H2. The van der Waals surface area contributed by atoms with E-state index in [1.54, 1.807) is 17.4 Å². The molecule has 0 bridgehead atoms. The predicted octanol–water partition coefficient (Wildman–Crippen LogP) is 5.32. The van der Waals surface area contributed by atoms with E-state index in [9.17, 15) is 4.79 Å². The molecule has 3 nitrogen and oxygen atoms in total. The zero-order valence-electron chi connectivity index (χ0n) is 13.4. The number of nitrogens with zero attached hydrogens (tertiary/aromatic N) is 1. The van der Waals surface area contributed by atoms with Gasteiger partial charge in [-0.3, -0.25) is 0 Å². The maximum atomic E-state index is 12.5. The molecule has 0 fully saturated rings. The number of hydrogen-bond acceptors (Lipinski definition) is 4. The number of benzene rings is 3. The van der Waals surface area contributed by atoms with Crippen LogP contribution in [0.25, 0.3) is 21.3 Å². The zero-order chi connectivity index (χ0) is 17.1. The van der Waals surface area contributed by atoms with Gasteiger partial charge >= 0.3 is 5.97 Å². The van der Waals surface area contributed by atoms with Crippen molar-refractivity contribution < 1.29 is 9.53 Å². The van der Waals surface area contributed by atoms with Crippen LogP contribution in [0.4, 0.5) is 0 Å². The highest BCUT2D eigenvalue weighted by Crippen LogP contribution is 2.24. The number of rotatable bonds is 4. The molecular formula is C21H15NO2S. The Labute approximate surface area is 149 Å². The number of carbonyl (C=O) groups excluding carboxylic acids is 1. The van der Waals surface area contributed by atoms with Crippen molar-refractivity contribution in [3.63, 3.8) is 0 Å².